The molecule has 0 saturated heterocycles. The number of hydrogen-bond donors (Lipinski definition) is 1. The fraction of sp³-hybridized carbons (Fsp3) is 0.0455. The molecular weight excluding hydrogens is 380 g/mol. The van der Waals surface area contributed by atoms with Gasteiger partial charge in [-0.05, 0) is 47.8 Å². The van der Waals surface area contributed by atoms with E-state index in [1.165, 1.54) is 10.8 Å². The van der Waals surface area contributed by atoms with Crippen LogP contribution in [0.4, 0.5) is 11.5 Å². The molecule has 0 unspecified atom stereocenters. The first-order valence-electron chi connectivity index (χ1n) is 8.84. The third kappa shape index (κ3) is 5.63. The zero-order chi connectivity index (χ0) is 20.3. The molecule has 0 aliphatic carbocycles. The van der Waals surface area contributed by atoms with Crippen molar-refractivity contribution < 1.29 is 0 Å². The molecule has 4 heterocycles. The van der Waals surface area contributed by atoms with Crippen LogP contribution in [-0.4, -0.2) is 33.7 Å². The van der Waals surface area contributed by atoms with Gasteiger partial charge in [-0.2, -0.15) is 0 Å². The lowest BCUT2D eigenvalue weighted by atomic mass is 10.2. The molecule has 1 N–H and O–H groups in total. The number of hydrogen-bond acceptors (Lipinski definition) is 7. The van der Waals surface area contributed by atoms with E-state index in [1.54, 1.807) is 29.2 Å². The van der Waals surface area contributed by atoms with E-state index in [2.05, 4.69) is 49.1 Å². The number of pyridine rings is 3. The summed E-state index contributed by atoms with van der Waals surface area (Å²) >= 11 is 1.57. The van der Waals surface area contributed by atoms with Crippen LogP contribution in [-0.2, 0) is 0 Å². The topological polar surface area (TPSA) is 76.0 Å². The van der Waals surface area contributed by atoms with Gasteiger partial charge in [-0.3, -0.25) is 4.98 Å². The van der Waals surface area contributed by atoms with Gasteiger partial charge in [0.15, 0.2) is 5.82 Å². The van der Waals surface area contributed by atoms with Gasteiger partial charge in [0.25, 0.3) is 0 Å². The first-order chi connectivity index (χ1) is 14.3. The number of aromatic nitrogens is 4. The standard InChI is InChI=1S/C9H7N.C7H9N3.C6H4N2S/c1-2-4-9-7-10-6-5-8(9)3-1;1-8-6-4-3-5-10-7(6)9-2;1-2-5-6(7-3-1)9-4-8-5/h1-7H;3-5,8H,2H2,1H3;1-4H. The molecule has 0 amide bonds. The molecule has 5 rings (SSSR count). The Labute approximate surface area is 173 Å². The highest BCUT2D eigenvalue weighted by atomic mass is 32.1. The number of nitrogens with zero attached hydrogens (tertiary/aromatic N) is 5. The van der Waals surface area contributed by atoms with Gasteiger partial charge in [-0.25, -0.2) is 19.9 Å². The number of rotatable bonds is 2. The fourth-order valence-corrected chi connectivity index (χ4v) is 3.08. The molecular formula is C22H20N6S. The van der Waals surface area contributed by atoms with Crippen LogP contribution < -0.4 is 5.32 Å². The average molecular weight is 401 g/mol. The van der Waals surface area contributed by atoms with Gasteiger partial charge in [0.1, 0.15) is 4.83 Å². The second-order valence-electron chi connectivity index (χ2n) is 5.69. The van der Waals surface area contributed by atoms with Crippen molar-refractivity contribution in [2.24, 2.45) is 4.99 Å². The van der Waals surface area contributed by atoms with Crippen molar-refractivity contribution in [1.29, 1.82) is 0 Å². The summed E-state index contributed by atoms with van der Waals surface area (Å²) in [6.07, 6.45) is 7.14. The monoisotopic (exact) mass is 400 g/mol. The Hall–Kier alpha value is -3.71. The van der Waals surface area contributed by atoms with Crippen LogP contribution in [0.1, 0.15) is 0 Å². The molecule has 4 aromatic heterocycles. The van der Waals surface area contributed by atoms with Crippen molar-refractivity contribution in [2.45, 2.75) is 0 Å². The van der Waals surface area contributed by atoms with Crippen molar-refractivity contribution in [3.05, 3.63) is 84.9 Å². The van der Waals surface area contributed by atoms with Crippen LogP contribution in [0, 0.1) is 0 Å². The van der Waals surface area contributed by atoms with Crippen molar-refractivity contribution in [3.63, 3.8) is 0 Å². The lowest BCUT2D eigenvalue weighted by molar-refractivity contribution is 1.27. The largest absolute Gasteiger partial charge is 0.385 e. The molecule has 6 nitrogen and oxygen atoms in total. The molecule has 0 atom stereocenters. The molecule has 7 heteroatoms. The number of benzene rings is 1. The van der Waals surface area contributed by atoms with E-state index in [9.17, 15) is 0 Å². The van der Waals surface area contributed by atoms with Crippen LogP contribution >= 0.6 is 11.3 Å². The van der Waals surface area contributed by atoms with Crippen molar-refractivity contribution in [2.75, 3.05) is 12.4 Å². The number of nitrogens with one attached hydrogen (secondary N) is 1. The second-order valence-corrected chi connectivity index (χ2v) is 6.52. The van der Waals surface area contributed by atoms with E-state index < -0.39 is 0 Å². The quantitative estimate of drug-likeness (QED) is 0.403. The summed E-state index contributed by atoms with van der Waals surface area (Å²) in [5.74, 6) is 0.644. The predicted molar refractivity (Wildman–Crippen MR) is 122 cm³/mol. The Morgan fingerprint density at radius 2 is 1.66 bits per heavy atom. The Kier molecular flexibility index (Phi) is 7.31. The summed E-state index contributed by atoms with van der Waals surface area (Å²) in [5, 5.41) is 5.40. The highest BCUT2D eigenvalue weighted by Crippen LogP contribution is 2.18. The molecule has 0 spiro atoms. The highest BCUT2D eigenvalue weighted by molar-refractivity contribution is 7.16. The lowest BCUT2D eigenvalue weighted by Crippen LogP contribution is -1.88. The molecule has 0 radical (unpaired) electrons. The van der Waals surface area contributed by atoms with Gasteiger partial charge in [-0.1, -0.05) is 24.3 Å². The van der Waals surface area contributed by atoms with Crippen LogP contribution in [0.2, 0.25) is 0 Å². The highest BCUT2D eigenvalue weighted by Gasteiger charge is 1.94. The number of anilines is 1. The Morgan fingerprint density at radius 1 is 0.862 bits per heavy atom. The maximum atomic E-state index is 4.10. The van der Waals surface area contributed by atoms with Crippen LogP contribution in [0.3, 0.4) is 0 Å². The van der Waals surface area contributed by atoms with E-state index in [4.69, 9.17) is 0 Å². The summed E-state index contributed by atoms with van der Waals surface area (Å²) in [6.45, 7) is 3.39. The molecule has 29 heavy (non-hydrogen) atoms. The molecule has 5 aromatic rings. The third-order valence-electron chi connectivity index (χ3n) is 3.86. The molecule has 0 aliphatic heterocycles. The Bertz CT molecular complexity index is 1090. The summed E-state index contributed by atoms with van der Waals surface area (Å²) in [5.41, 5.74) is 3.69. The van der Waals surface area contributed by atoms with Gasteiger partial charge in [0, 0.05) is 31.8 Å². The SMILES string of the molecule is C=Nc1ncccc1NC.c1ccc2cnccc2c1.c1cnc2scnc2c1. The van der Waals surface area contributed by atoms with Gasteiger partial charge < -0.3 is 5.32 Å². The first-order valence-corrected chi connectivity index (χ1v) is 9.72. The van der Waals surface area contributed by atoms with Gasteiger partial charge in [-0.15, -0.1) is 11.3 Å². The average Bonchev–Trinajstić information content (AvgIpc) is 3.29. The van der Waals surface area contributed by atoms with Crippen molar-refractivity contribution in [1.82, 2.24) is 19.9 Å². The molecule has 0 fully saturated rings. The van der Waals surface area contributed by atoms with Crippen LogP contribution in [0.15, 0.2) is 89.9 Å². The van der Waals surface area contributed by atoms with E-state index in [-0.39, 0.29) is 0 Å². The lowest BCUT2D eigenvalue weighted by Gasteiger charge is -2.00. The Balaban J connectivity index is 0.000000124. The number of thiazole rings is 1. The van der Waals surface area contributed by atoms with Crippen LogP contribution in [0.25, 0.3) is 21.1 Å². The maximum absolute atomic E-state index is 4.10. The summed E-state index contributed by atoms with van der Waals surface area (Å²) in [6, 6.07) is 17.8. The predicted octanol–water partition coefficient (Wildman–Crippen LogP) is 5.38. The zero-order valence-corrected chi connectivity index (χ0v) is 16.8. The normalized spacial score (nSPS) is 9.69. The minimum absolute atomic E-state index is 0.644. The molecule has 0 saturated carbocycles. The van der Waals surface area contributed by atoms with E-state index in [0.29, 0.717) is 5.82 Å². The molecule has 1 aromatic carbocycles. The maximum Gasteiger partial charge on any atom is 0.174 e. The molecule has 0 bridgehead atoms. The molecule has 144 valence electrons. The third-order valence-corrected chi connectivity index (χ3v) is 4.61. The Morgan fingerprint density at radius 3 is 2.38 bits per heavy atom. The smallest absolute Gasteiger partial charge is 0.174 e. The van der Waals surface area contributed by atoms with E-state index in [0.717, 1.165) is 16.0 Å². The van der Waals surface area contributed by atoms with E-state index >= 15 is 0 Å². The minimum Gasteiger partial charge on any atom is -0.385 e. The summed E-state index contributed by atoms with van der Waals surface area (Å²) < 4.78 is 0. The van der Waals surface area contributed by atoms with E-state index in [1.807, 2.05) is 61.9 Å². The minimum atomic E-state index is 0.644. The van der Waals surface area contributed by atoms with Gasteiger partial charge >= 0.3 is 0 Å². The molecule has 0 aliphatic rings. The zero-order valence-electron chi connectivity index (χ0n) is 15.9. The number of aliphatic imine (C=N–C) groups is 1. The van der Waals surface area contributed by atoms with Gasteiger partial charge in [0.05, 0.1) is 16.7 Å². The second kappa shape index (κ2) is 10.6. The summed E-state index contributed by atoms with van der Waals surface area (Å²) in [7, 11) is 1.83. The fourth-order valence-electron chi connectivity index (χ4n) is 2.45. The van der Waals surface area contributed by atoms with Crippen molar-refractivity contribution >= 4 is 50.7 Å². The number of fused-ring (bicyclic) bond motifs is 2. The van der Waals surface area contributed by atoms with Gasteiger partial charge in [0.2, 0.25) is 0 Å². The van der Waals surface area contributed by atoms with Crippen molar-refractivity contribution in [3.8, 4) is 0 Å². The summed E-state index contributed by atoms with van der Waals surface area (Å²) in [4.78, 5) is 20.9. The first kappa shape index (κ1) is 20.0. The van der Waals surface area contributed by atoms with Crippen LogP contribution in [0.5, 0.6) is 0 Å².